The Hall–Kier alpha value is -2.76. The lowest BCUT2D eigenvalue weighted by atomic mass is 10.1. The standard InChI is InChI=1S/C17H16FN3O2/c1-4-21-16-15(10(2)20-21)13(17(22)23-3)9-14(19-16)11-5-7-12(18)8-6-11/h5-9H,4H2,1-3H3. The number of fused-ring (bicyclic) bond motifs is 1. The third-order valence-electron chi connectivity index (χ3n) is 3.72. The van der Waals surface area contributed by atoms with Crippen LogP contribution in [0.2, 0.25) is 0 Å². The highest BCUT2D eigenvalue weighted by molar-refractivity contribution is 6.04. The Bertz CT molecular complexity index is 885. The summed E-state index contributed by atoms with van der Waals surface area (Å²) in [4.78, 5) is 16.8. The Morgan fingerprint density at radius 3 is 2.61 bits per heavy atom. The first kappa shape index (κ1) is 15.1. The van der Waals surface area contributed by atoms with Crippen molar-refractivity contribution in [3.8, 4) is 11.3 Å². The number of methoxy groups -OCH3 is 1. The van der Waals surface area contributed by atoms with Gasteiger partial charge in [-0.1, -0.05) is 0 Å². The molecule has 0 aliphatic carbocycles. The van der Waals surface area contributed by atoms with E-state index < -0.39 is 5.97 Å². The van der Waals surface area contributed by atoms with Crippen molar-refractivity contribution in [3.05, 3.63) is 47.4 Å². The maximum atomic E-state index is 13.1. The van der Waals surface area contributed by atoms with Gasteiger partial charge in [0, 0.05) is 12.1 Å². The molecule has 118 valence electrons. The SMILES string of the molecule is CCn1nc(C)c2c(C(=O)OC)cc(-c3ccc(F)cc3)nc21. The minimum Gasteiger partial charge on any atom is -0.465 e. The van der Waals surface area contributed by atoms with Crippen molar-refractivity contribution in [2.75, 3.05) is 7.11 Å². The summed E-state index contributed by atoms with van der Waals surface area (Å²) in [6.07, 6.45) is 0. The van der Waals surface area contributed by atoms with Gasteiger partial charge in [-0.3, -0.25) is 0 Å². The van der Waals surface area contributed by atoms with Crippen molar-refractivity contribution in [2.24, 2.45) is 0 Å². The number of hydrogen-bond acceptors (Lipinski definition) is 4. The van der Waals surface area contributed by atoms with E-state index in [0.717, 1.165) is 11.3 Å². The molecule has 6 heteroatoms. The van der Waals surface area contributed by atoms with Gasteiger partial charge in [0.15, 0.2) is 5.65 Å². The van der Waals surface area contributed by atoms with Crippen LogP contribution in [0.3, 0.4) is 0 Å². The fourth-order valence-corrected chi connectivity index (χ4v) is 2.61. The van der Waals surface area contributed by atoms with Crippen molar-refractivity contribution in [3.63, 3.8) is 0 Å². The predicted molar refractivity (Wildman–Crippen MR) is 84.7 cm³/mol. The molecule has 0 aliphatic heterocycles. The number of nitrogens with zero attached hydrogens (tertiary/aromatic N) is 3. The van der Waals surface area contributed by atoms with Crippen LogP contribution in [0.1, 0.15) is 23.0 Å². The molecule has 23 heavy (non-hydrogen) atoms. The van der Waals surface area contributed by atoms with Crippen LogP contribution in [0.5, 0.6) is 0 Å². The van der Waals surface area contributed by atoms with Gasteiger partial charge in [0.25, 0.3) is 0 Å². The Morgan fingerprint density at radius 2 is 2.00 bits per heavy atom. The smallest absolute Gasteiger partial charge is 0.338 e. The molecule has 0 atom stereocenters. The van der Waals surface area contributed by atoms with Crippen LogP contribution in [-0.2, 0) is 11.3 Å². The van der Waals surface area contributed by atoms with E-state index in [4.69, 9.17) is 4.74 Å². The molecule has 2 heterocycles. The van der Waals surface area contributed by atoms with Gasteiger partial charge in [-0.2, -0.15) is 5.10 Å². The first-order chi connectivity index (χ1) is 11.0. The topological polar surface area (TPSA) is 57.0 Å². The van der Waals surface area contributed by atoms with E-state index in [1.54, 1.807) is 22.9 Å². The number of hydrogen-bond donors (Lipinski definition) is 0. The molecule has 0 spiro atoms. The summed E-state index contributed by atoms with van der Waals surface area (Å²) < 4.78 is 19.8. The van der Waals surface area contributed by atoms with E-state index in [1.807, 2.05) is 13.8 Å². The average Bonchev–Trinajstić information content (AvgIpc) is 2.90. The largest absolute Gasteiger partial charge is 0.465 e. The first-order valence-corrected chi connectivity index (χ1v) is 7.27. The number of aryl methyl sites for hydroxylation is 2. The zero-order valence-electron chi connectivity index (χ0n) is 13.1. The summed E-state index contributed by atoms with van der Waals surface area (Å²) in [6, 6.07) is 7.65. The van der Waals surface area contributed by atoms with Gasteiger partial charge in [-0.15, -0.1) is 0 Å². The summed E-state index contributed by atoms with van der Waals surface area (Å²) in [6.45, 7) is 4.42. The maximum Gasteiger partial charge on any atom is 0.338 e. The second-order valence-corrected chi connectivity index (χ2v) is 5.15. The third-order valence-corrected chi connectivity index (χ3v) is 3.72. The Balaban J connectivity index is 2.32. The highest BCUT2D eigenvalue weighted by Gasteiger charge is 2.20. The molecule has 3 aromatic rings. The van der Waals surface area contributed by atoms with E-state index in [2.05, 4.69) is 10.1 Å². The lowest BCUT2D eigenvalue weighted by molar-refractivity contribution is 0.0603. The normalized spacial score (nSPS) is 11.0. The third kappa shape index (κ3) is 2.56. The van der Waals surface area contributed by atoms with Gasteiger partial charge >= 0.3 is 5.97 Å². The Morgan fingerprint density at radius 1 is 1.30 bits per heavy atom. The number of carbonyl (C=O) groups excluding carboxylic acids is 1. The number of rotatable bonds is 3. The molecule has 3 rings (SSSR count). The molecular weight excluding hydrogens is 297 g/mol. The van der Waals surface area contributed by atoms with Crippen LogP contribution >= 0.6 is 0 Å². The molecule has 0 bridgehead atoms. The van der Waals surface area contributed by atoms with Crippen molar-refractivity contribution < 1.29 is 13.9 Å². The van der Waals surface area contributed by atoms with Crippen LogP contribution in [0, 0.1) is 12.7 Å². The number of benzene rings is 1. The fraction of sp³-hybridized carbons (Fsp3) is 0.235. The van der Waals surface area contributed by atoms with E-state index in [9.17, 15) is 9.18 Å². The molecule has 0 saturated carbocycles. The number of pyridine rings is 1. The van der Waals surface area contributed by atoms with Gasteiger partial charge in [0.2, 0.25) is 0 Å². The quantitative estimate of drug-likeness (QED) is 0.696. The van der Waals surface area contributed by atoms with E-state index in [0.29, 0.717) is 28.8 Å². The minimum atomic E-state index is -0.445. The van der Waals surface area contributed by atoms with E-state index in [-0.39, 0.29) is 5.82 Å². The van der Waals surface area contributed by atoms with Crippen molar-refractivity contribution in [1.29, 1.82) is 0 Å². The summed E-state index contributed by atoms with van der Waals surface area (Å²) in [5.41, 5.74) is 3.05. The molecule has 1 aromatic carbocycles. The van der Waals surface area contributed by atoms with E-state index in [1.165, 1.54) is 19.2 Å². The van der Waals surface area contributed by atoms with Crippen molar-refractivity contribution >= 4 is 17.0 Å². The highest BCUT2D eigenvalue weighted by Crippen LogP contribution is 2.27. The van der Waals surface area contributed by atoms with Gasteiger partial charge in [0.1, 0.15) is 5.82 Å². The average molecular weight is 313 g/mol. The second-order valence-electron chi connectivity index (χ2n) is 5.15. The molecule has 0 N–H and O–H groups in total. The van der Waals surface area contributed by atoms with Crippen LogP contribution < -0.4 is 0 Å². The molecule has 5 nitrogen and oxygen atoms in total. The lowest BCUT2D eigenvalue weighted by Crippen LogP contribution is -2.05. The van der Waals surface area contributed by atoms with Gasteiger partial charge < -0.3 is 4.74 Å². The second kappa shape index (κ2) is 5.79. The van der Waals surface area contributed by atoms with Crippen molar-refractivity contribution in [1.82, 2.24) is 14.8 Å². The van der Waals surface area contributed by atoms with Crippen LogP contribution in [-0.4, -0.2) is 27.8 Å². The molecule has 0 radical (unpaired) electrons. The molecule has 0 saturated heterocycles. The Labute approximate surface area is 132 Å². The van der Waals surface area contributed by atoms with E-state index >= 15 is 0 Å². The van der Waals surface area contributed by atoms with Gasteiger partial charge in [-0.05, 0) is 44.2 Å². The van der Waals surface area contributed by atoms with Crippen LogP contribution in [0.4, 0.5) is 4.39 Å². The Kier molecular flexibility index (Phi) is 3.82. The van der Waals surface area contributed by atoms with Crippen LogP contribution in [0.25, 0.3) is 22.3 Å². The fourth-order valence-electron chi connectivity index (χ4n) is 2.61. The summed E-state index contributed by atoms with van der Waals surface area (Å²) in [5, 5.41) is 5.11. The zero-order chi connectivity index (χ0) is 16.6. The zero-order valence-corrected chi connectivity index (χ0v) is 13.1. The predicted octanol–water partition coefficient (Wildman–Crippen LogP) is 3.35. The van der Waals surface area contributed by atoms with Crippen molar-refractivity contribution in [2.45, 2.75) is 20.4 Å². The molecule has 2 aromatic heterocycles. The number of carbonyl (C=O) groups is 1. The maximum absolute atomic E-state index is 13.1. The van der Waals surface area contributed by atoms with Gasteiger partial charge in [-0.25, -0.2) is 18.9 Å². The van der Waals surface area contributed by atoms with Crippen LogP contribution in [0.15, 0.2) is 30.3 Å². The first-order valence-electron chi connectivity index (χ1n) is 7.27. The minimum absolute atomic E-state index is 0.322. The lowest BCUT2D eigenvalue weighted by Gasteiger charge is -2.07. The molecule has 0 fully saturated rings. The number of esters is 1. The summed E-state index contributed by atoms with van der Waals surface area (Å²) in [5.74, 6) is -0.767. The monoisotopic (exact) mass is 313 g/mol. The molecule has 0 aliphatic rings. The number of ether oxygens (including phenoxy) is 1. The molecule has 0 amide bonds. The highest BCUT2D eigenvalue weighted by atomic mass is 19.1. The molecular formula is C17H16FN3O2. The molecule has 0 unspecified atom stereocenters. The number of aromatic nitrogens is 3. The number of halogens is 1. The summed E-state index contributed by atoms with van der Waals surface area (Å²) >= 11 is 0. The van der Waals surface area contributed by atoms with Gasteiger partial charge in [0.05, 0.1) is 29.4 Å². The summed E-state index contributed by atoms with van der Waals surface area (Å²) in [7, 11) is 1.34.